The number of rotatable bonds is 5. The van der Waals surface area contributed by atoms with Crippen LogP contribution in [0, 0.1) is 11.8 Å². The SMILES string of the molecule is COc1cc([C@@H]2c3cc4c(cc3[C@@H](OC(=O)CI)[C@H]3COC(=O)C23)OCO4)cc(OC)c1O. The second kappa shape index (κ2) is 8.47. The van der Waals surface area contributed by atoms with E-state index in [1.54, 1.807) is 12.1 Å². The van der Waals surface area contributed by atoms with Gasteiger partial charge in [0.15, 0.2) is 23.0 Å². The summed E-state index contributed by atoms with van der Waals surface area (Å²) in [5.41, 5.74) is 2.17. The number of carbonyl (C=O) groups is 2. The summed E-state index contributed by atoms with van der Waals surface area (Å²) in [6.07, 6.45) is -0.676. The lowest BCUT2D eigenvalue weighted by Gasteiger charge is -2.38. The Morgan fingerprint density at radius 1 is 1.06 bits per heavy atom. The fourth-order valence-corrected chi connectivity index (χ4v) is 5.11. The Hall–Kier alpha value is -2.89. The van der Waals surface area contributed by atoms with Gasteiger partial charge >= 0.3 is 11.9 Å². The Morgan fingerprint density at radius 2 is 1.70 bits per heavy atom. The highest BCUT2D eigenvalue weighted by atomic mass is 127. The molecule has 33 heavy (non-hydrogen) atoms. The number of ether oxygens (including phenoxy) is 6. The molecular weight excluding hydrogens is 547 g/mol. The highest BCUT2D eigenvalue weighted by Crippen LogP contribution is 2.56. The Bertz CT molecular complexity index is 1110. The van der Waals surface area contributed by atoms with Crippen LogP contribution >= 0.6 is 22.6 Å². The molecule has 0 amide bonds. The number of carbonyl (C=O) groups excluding carboxylic acids is 2. The Labute approximate surface area is 203 Å². The average Bonchev–Trinajstić information content (AvgIpc) is 3.44. The maximum absolute atomic E-state index is 13.0. The fourth-order valence-electron chi connectivity index (χ4n) is 4.93. The van der Waals surface area contributed by atoms with Crippen molar-refractivity contribution in [2.45, 2.75) is 12.0 Å². The van der Waals surface area contributed by atoms with Crippen LogP contribution in [0.5, 0.6) is 28.7 Å². The Morgan fingerprint density at radius 3 is 2.30 bits per heavy atom. The van der Waals surface area contributed by atoms with Crippen LogP contribution in [0.2, 0.25) is 0 Å². The molecule has 1 aliphatic carbocycles. The van der Waals surface area contributed by atoms with Crippen molar-refractivity contribution in [3.63, 3.8) is 0 Å². The maximum atomic E-state index is 13.0. The van der Waals surface area contributed by atoms with Gasteiger partial charge in [-0.3, -0.25) is 9.59 Å². The normalized spacial score (nSPS) is 24.5. The predicted octanol–water partition coefficient (Wildman–Crippen LogP) is 3.09. The summed E-state index contributed by atoms with van der Waals surface area (Å²) in [7, 11) is 2.88. The number of cyclic esters (lactones) is 1. The first-order valence-corrected chi connectivity index (χ1v) is 11.8. The van der Waals surface area contributed by atoms with Crippen molar-refractivity contribution in [3.8, 4) is 28.7 Å². The van der Waals surface area contributed by atoms with E-state index in [1.165, 1.54) is 14.2 Å². The van der Waals surface area contributed by atoms with E-state index in [0.717, 1.165) is 11.1 Å². The zero-order chi connectivity index (χ0) is 23.3. The third-order valence-electron chi connectivity index (χ3n) is 6.35. The third kappa shape index (κ3) is 3.51. The molecule has 2 aromatic carbocycles. The topological polar surface area (TPSA) is 110 Å². The minimum Gasteiger partial charge on any atom is -0.502 e. The first kappa shape index (κ1) is 21.9. The van der Waals surface area contributed by atoms with Crippen LogP contribution in [0.3, 0.4) is 0 Å². The van der Waals surface area contributed by atoms with Gasteiger partial charge in [0.1, 0.15) is 6.10 Å². The molecule has 4 atom stereocenters. The van der Waals surface area contributed by atoms with E-state index < -0.39 is 23.9 Å². The number of benzene rings is 2. The van der Waals surface area contributed by atoms with Crippen molar-refractivity contribution < 1.29 is 43.1 Å². The summed E-state index contributed by atoms with van der Waals surface area (Å²) in [5.74, 6) is -0.869. The highest BCUT2D eigenvalue weighted by molar-refractivity contribution is 14.1. The number of hydrogen-bond donors (Lipinski definition) is 1. The van der Waals surface area contributed by atoms with Crippen molar-refractivity contribution in [2.24, 2.45) is 11.8 Å². The van der Waals surface area contributed by atoms with Gasteiger partial charge in [-0.15, -0.1) is 0 Å². The maximum Gasteiger partial charge on any atom is 0.316 e. The van der Waals surface area contributed by atoms with E-state index >= 15 is 0 Å². The summed E-state index contributed by atoms with van der Waals surface area (Å²) in [5, 5.41) is 10.4. The molecular formula is C23H21IO9. The molecule has 3 aliphatic rings. The van der Waals surface area contributed by atoms with Crippen LogP contribution in [-0.2, 0) is 19.1 Å². The predicted molar refractivity (Wildman–Crippen MR) is 121 cm³/mol. The van der Waals surface area contributed by atoms with Crippen LogP contribution in [0.1, 0.15) is 28.7 Å². The van der Waals surface area contributed by atoms with E-state index in [9.17, 15) is 14.7 Å². The van der Waals surface area contributed by atoms with Crippen molar-refractivity contribution in [2.75, 3.05) is 32.0 Å². The van der Waals surface area contributed by atoms with Crippen LogP contribution in [-0.4, -0.2) is 49.1 Å². The van der Waals surface area contributed by atoms with Gasteiger partial charge in [0, 0.05) is 17.4 Å². The number of aromatic hydroxyl groups is 1. The smallest absolute Gasteiger partial charge is 0.316 e. The van der Waals surface area contributed by atoms with E-state index in [4.69, 9.17) is 28.4 Å². The highest BCUT2D eigenvalue weighted by Gasteiger charge is 2.54. The van der Waals surface area contributed by atoms with Crippen LogP contribution in [0.15, 0.2) is 24.3 Å². The number of methoxy groups -OCH3 is 2. The van der Waals surface area contributed by atoms with Gasteiger partial charge < -0.3 is 33.5 Å². The summed E-state index contributed by atoms with van der Waals surface area (Å²) < 4.78 is 33.3. The van der Waals surface area contributed by atoms with Crippen molar-refractivity contribution in [1.82, 2.24) is 0 Å². The van der Waals surface area contributed by atoms with Gasteiger partial charge in [-0.05, 0) is 35.4 Å². The lowest BCUT2D eigenvalue weighted by molar-refractivity contribution is -0.151. The van der Waals surface area contributed by atoms with Gasteiger partial charge in [0.2, 0.25) is 12.5 Å². The first-order chi connectivity index (χ1) is 16.0. The summed E-state index contributed by atoms with van der Waals surface area (Å²) in [6, 6.07) is 6.98. The average molecular weight is 568 g/mol. The number of hydrogen-bond acceptors (Lipinski definition) is 9. The molecule has 174 valence electrons. The number of halogens is 1. The number of phenols is 1. The van der Waals surface area contributed by atoms with Gasteiger partial charge in [-0.25, -0.2) is 0 Å². The molecule has 2 aromatic rings. The molecule has 2 aliphatic heterocycles. The number of esters is 2. The Balaban J connectivity index is 1.74. The van der Waals surface area contributed by atoms with E-state index in [-0.39, 0.29) is 47.0 Å². The third-order valence-corrected chi connectivity index (χ3v) is 6.97. The Kier molecular flexibility index (Phi) is 5.63. The minimum absolute atomic E-state index is 0.0802. The standard InChI is InChI=1S/C23H21IO9/c1-28-16-3-10(4-17(29-2)21(16)26)19-11-5-14-15(32-9-31-14)6-12(11)22(33-18(25)7-24)13-8-30-23(27)20(13)19/h3-6,13,19-20,22,26H,7-9H2,1-2H3/t13-,19+,20?,22+/m0/s1. The van der Waals surface area contributed by atoms with Gasteiger partial charge in [0.05, 0.1) is 31.2 Å². The molecule has 0 radical (unpaired) electrons. The van der Waals surface area contributed by atoms with Gasteiger partial charge in [0.25, 0.3) is 0 Å². The minimum atomic E-state index is -0.676. The van der Waals surface area contributed by atoms with Crippen molar-refractivity contribution in [1.29, 1.82) is 0 Å². The second-order valence-electron chi connectivity index (χ2n) is 7.95. The fraction of sp³-hybridized carbons (Fsp3) is 0.391. The summed E-state index contributed by atoms with van der Waals surface area (Å²) in [4.78, 5) is 25.3. The summed E-state index contributed by atoms with van der Waals surface area (Å²) in [6.45, 7) is 0.205. The zero-order valence-corrected chi connectivity index (χ0v) is 20.0. The van der Waals surface area contributed by atoms with E-state index in [0.29, 0.717) is 17.1 Å². The first-order valence-electron chi connectivity index (χ1n) is 10.3. The van der Waals surface area contributed by atoms with Crippen molar-refractivity contribution in [3.05, 3.63) is 41.0 Å². The van der Waals surface area contributed by atoms with E-state index in [2.05, 4.69) is 0 Å². The quantitative estimate of drug-likeness (QED) is 0.331. The monoisotopic (exact) mass is 568 g/mol. The van der Waals surface area contributed by atoms with E-state index in [1.807, 2.05) is 34.7 Å². The zero-order valence-electron chi connectivity index (χ0n) is 17.8. The molecule has 0 spiro atoms. The molecule has 5 rings (SSSR count). The number of phenolic OH excluding ortho intramolecular Hbond substituents is 1. The number of alkyl halides is 1. The van der Waals surface area contributed by atoms with Crippen molar-refractivity contribution >= 4 is 34.5 Å². The molecule has 1 fully saturated rings. The molecule has 1 unspecified atom stereocenters. The van der Waals surface area contributed by atoms with Gasteiger partial charge in [-0.1, -0.05) is 22.6 Å². The van der Waals surface area contributed by atoms with Crippen LogP contribution in [0.25, 0.3) is 0 Å². The molecule has 10 heteroatoms. The molecule has 0 saturated carbocycles. The molecule has 0 aromatic heterocycles. The lowest BCUT2D eigenvalue weighted by atomic mass is 9.66. The molecule has 9 nitrogen and oxygen atoms in total. The lowest BCUT2D eigenvalue weighted by Crippen LogP contribution is -2.36. The molecule has 0 bridgehead atoms. The molecule has 1 N–H and O–H groups in total. The molecule has 2 heterocycles. The van der Waals surface area contributed by atoms with Crippen LogP contribution in [0.4, 0.5) is 0 Å². The summed E-state index contributed by atoms with van der Waals surface area (Å²) >= 11 is 1.95. The van der Waals surface area contributed by atoms with Gasteiger partial charge in [-0.2, -0.15) is 0 Å². The number of fused-ring (bicyclic) bond motifs is 3. The van der Waals surface area contributed by atoms with Crippen LogP contribution < -0.4 is 18.9 Å². The second-order valence-corrected chi connectivity index (χ2v) is 8.71. The largest absolute Gasteiger partial charge is 0.502 e. The molecule has 1 saturated heterocycles.